The summed E-state index contributed by atoms with van der Waals surface area (Å²) in [5, 5.41) is 2.85. The molecule has 0 bridgehead atoms. The highest BCUT2D eigenvalue weighted by molar-refractivity contribution is 5.95. The van der Waals surface area contributed by atoms with E-state index in [2.05, 4.69) is 5.32 Å². The van der Waals surface area contributed by atoms with Crippen LogP contribution in [0.25, 0.3) is 0 Å². The number of methoxy groups -OCH3 is 2. The minimum atomic E-state index is -0.131. The molecule has 0 saturated carbocycles. The van der Waals surface area contributed by atoms with Gasteiger partial charge in [0.15, 0.2) is 0 Å². The Morgan fingerprint density at radius 1 is 1.20 bits per heavy atom. The Hall–Kier alpha value is -1.46. The number of carbonyl (C=O) groups excluding carboxylic acids is 1. The third-order valence-corrected chi connectivity index (χ3v) is 2.93. The monoisotopic (exact) mass is 302 g/mol. The number of rotatable bonds is 7. The maximum atomic E-state index is 12.0. The van der Waals surface area contributed by atoms with Gasteiger partial charge in [0.1, 0.15) is 11.5 Å². The first-order valence-corrected chi connectivity index (χ1v) is 6.35. The molecule has 5 nitrogen and oxygen atoms in total. The number of halogens is 1. The molecule has 1 aromatic rings. The molecule has 0 aliphatic rings. The van der Waals surface area contributed by atoms with Gasteiger partial charge in [0.05, 0.1) is 14.2 Å². The zero-order valence-corrected chi connectivity index (χ0v) is 13.0. The van der Waals surface area contributed by atoms with Crippen molar-refractivity contribution in [3.63, 3.8) is 0 Å². The third-order valence-electron chi connectivity index (χ3n) is 2.93. The van der Waals surface area contributed by atoms with Crippen molar-refractivity contribution < 1.29 is 14.3 Å². The predicted octanol–water partition coefficient (Wildman–Crippen LogP) is 1.90. The van der Waals surface area contributed by atoms with Gasteiger partial charge in [-0.15, -0.1) is 12.4 Å². The molecule has 0 fully saturated rings. The van der Waals surface area contributed by atoms with E-state index in [0.29, 0.717) is 30.2 Å². The second-order valence-electron chi connectivity index (χ2n) is 4.26. The van der Waals surface area contributed by atoms with Crippen LogP contribution in [0, 0.1) is 6.92 Å². The fraction of sp³-hybridized carbons (Fsp3) is 0.500. The van der Waals surface area contributed by atoms with E-state index in [0.717, 1.165) is 18.4 Å². The van der Waals surface area contributed by atoms with Gasteiger partial charge in [0.25, 0.3) is 5.91 Å². The summed E-state index contributed by atoms with van der Waals surface area (Å²) in [6.07, 6.45) is 1.78. The summed E-state index contributed by atoms with van der Waals surface area (Å²) in [6.45, 7) is 3.15. The van der Waals surface area contributed by atoms with E-state index in [-0.39, 0.29) is 18.3 Å². The van der Waals surface area contributed by atoms with Crippen LogP contribution in [0.4, 0.5) is 0 Å². The average Bonchev–Trinajstić information content (AvgIpc) is 2.43. The van der Waals surface area contributed by atoms with Gasteiger partial charge in [0, 0.05) is 17.7 Å². The molecule has 0 saturated heterocycles. The van der Waals surface area contributed by atoms with Crippen molar-refractivity contribution in [2.75, 3.05) is 27.3 Å². The Labute approximate surface area is 126 Å². The van der Waals surface area contributed by atoms with Crippen LogP contribution in [-0.2, 0) is 0 Å². The molecule has 20 heavy (non-hydrogen) atoms. The molecule has 0 aromatic heterocycles. The molecule has 0 atom stereocenters. The van der Waals surface area contributed by atoms with Crippen molar-refractivity contribution in [3.8, 4) is 11.5 Å². The van der Waals surface area contributed by atoms with E-state index in [1.54, 1.807) is 26.4 Å². The molecule has 1 amide bonds. The van der Waals surface area contributed by atoms with Crippen LogP contribution in [0.3, 0.4) is 0 Å². The molecule has 0 aliphatic carbocycles. The van der Waals surface area contributed by atoms with Gasteiger partial charge in [-0.2, -0.15) is 0 Å². The fourth-order valence-electron chi connectivity index (χ4n) is 1.79. The van der Waals surface area contributed by atoms with Crippen LogP contribution < -0.4 is 20.5 Å². The van der Waals surface area contributed by atoms with Crippen LogP contribution in [0.15, 0.2) is 12.1 Å². The highest BCUT2D eigenvalue weighted by Crippen LogP contribution is 2.29. The second kappa shape index (κ2) is 9.44. The lowest BCUT2D eigenvalue weighted by Gasteiger charge is -2.12. The Balaban J connectivity index is 0.00000361. The molecule has 6 heteroatoms. The first-order valence-electron chi connectivity index (χ1n) is 6.35. The summed E-state index contributed by atoms with van der Waals surface area (Å²) in [6, 6.07) is 3.44. The number of carbonyl (C=O) groups is 1. The van der Waals surface area contributed by atoms with Crippen molar-refractivity contribution in [1.29, 1.82) is 0 Å². The molecule has 114 valence electrons. The normalized spacial score (nSPS) is 9.60. The molecule has 0 unspecified atom stereocenters. The maximum Gasteiger partial charge on any atom is 0.251 e. The number of unbranched alkanes of at least 4 members (excludes halogenated alkanes) is 1. The Bertz CT molecular complexity index is 413. The number of hydrogen-bond acceptors (Lipinski definition) is 4. The van der Waals surface area contributed by atoms with Gasteiger partial charge in [-0.05, 0) is 38.4 Å². The number of benzene rings is 1. The largest absolute Gasteiger partial charge is 0.496 e. The van der Waals surface area contributed by atoms with E-state index in [1.165, 1.54) is 0 Å². The first-order chi connectivity index (χ1) is 9.13. The van der Waals surface area contributed by atoms with Crippen molar-refractivity contribution >= 4 is 18.3 Å². The quantitative estimate of drug-likeness (QED) is 0.755. The summed E-state index contributed by atoms with van der Waals surface area (Å²) in [5.74, 6) is 1.16. The van der Waals surface area contributed by atoms with Crippen molar-refractivity contribution in [2.24, 2.45) is 5.73 Å². The van der Waals surface area contributed by atoms with Crippen LogP contribution in [0.2, 0.25) is 0 Å². The standard InChI is InChI=1S/C14H22N2O3.ClH/c1-10-12(18-2)8-11(9-13(10)19-3)14(17)16-7-5-4-6-15;/h8-9H,4-7,15H2,1-3H3,(H,16,17);1H. The number of ether oxygens (including phenoxy) is 2. The van der Waals surface area contributed by atoms with Gasteiger partial charge in [-0.25, -0.2) is 0 Å². The molecule has 1 rings (SSSR count). The summed E-state index contributed by atoms with van der Waals surface area (Å²) < 4.78 is 10.5. The SMILES string of the molecule is COc1cc(C(=O)NCCCCN)cc(OC)c1C.Cl. The van der Waals surface area contributed by atoms with Crippen LogP contribution >= 0.6 is 12.4 Å². The molecular formula is C14H23ClN2O3. The van der Waals surface area contributed by atoms with E-state index >= 15 is 0 Å². The van der Waals surface area contributed by atoms with Crippen molar-refractivity contribution in [1.82, 2.24) is 5.32 Å². The lowest BCUT2D eigenvalue weighted by atomic mass is 10.1. The summed E-state index contributed by atoms with van der Waals surface area (Å²) in [4.78, 5) is 12.0. The molecule has 3 N–H and O–H groups in total. The summed E-state index contributed by atoms with van der Waals surface area (Å²) >= 11 is 0. The zero-order chi connectivity index (χ0) is 14.3. The van der Waals surface area contributed by atoms with Gasteiger partial charge < -0.3 is 20.5 Å². The van der Waals surface area contributed by atoms with Crippen LogP contribution in [-0.4, -0.2) is 33.2 Å². The molecule has 0 aliphatic heterocycles. The number of hydrogen-bond donors (Lipinski definition) is 2. The molecular weight excluding hydrogens is 280 g/mol. The van der Waals surface area contributed by atoms with Crippen LogP contribution in [0.5, 0.6) is 11.5 Å². The minimum Gasteiger partial charge on any atom is -0.496 e. The highest BCUT2D eigenvalue weighted by Gasteiger charge is 2.13. The lowest BCUT2D eigenvalue weighted by Crippen LogP contribution is -2.25. The fourth-order valence-corrected chi connectivity index (χ4v) is 1.79. The van der Waals surface area contributed by atoms with E-state index in [1.807, 2.05) is 6.92 Å². The zero-order valence-electron chi connectivity index (χ0n) is 12.2. The summed E-state index contributed by atoms with van der Waals surface area (Å²) in [7, 11) is 3.15. The third kappa shape index (κ3) is 4.90. The molecule has 0 spiro atoms. The second-order valence-corrected chi connectivity index (χ2v) is 4.26. The van der Waals surface area contributed by atoms with E-state index < -0.39 is 0 Å². The molecule has 1 aromatic carbocycles. The summed E-state index contributed by atoms with van der Waals surface area (Å²) in [5.41, 5.74) is 6.82. The van der Waals surface area contributed by atoms with Gasteiger partial charge in [0.2, 0.25) is 0 Å². The van der Waals surface area contributed by atoms with Gasteiger partial charge in [-0.1, -0.05) is 0 Å². The smallest absolute Gasteiger partial charge is 0.251 e. The van der Waals surface area contributed by atoms with Gasteiger partial charge in [-0.3, -0.25) is 4.79 Å². The number of amides is 1. The topological polar surface area (TPSA) is 73.6 Å². The predicted molar refractivity (Wildman–Crippen MR) is 82.2 cm³/mol. The minimum absolute atomic E-state index is 0. The Kier molecular flexibility index (Phi) is 8.76. The lowest BCUT2D eigenvalue weighted by molar-refractivity contribution is 0.0952. The number of nitrogens with two attached hydrogens (primary N) is 1. The average molecular weight is 303 g/mol. The number of nitrogens with one attached hydrogen (secondary N) is 1. The Morgan fingerprint density at radius 3 is 2.20 bits per heavy atom. The molecule has 0 radical (unpaired) electrons. The highest BCUT2D eigenvalue weighted by atomic mass is 35.5. The van der Waals surface area contributed by atoms with E-state index in [4.69, 9.17) is 15.2 Å². The molecule has 0 heterocycles. The van der Waals surface area contributed by atoms with Crippen LogP contribution in [0.1, 0.15) is 28.8 Å². The van der Waals surface area contributed by atoms with Crippen molar-refractivity contribution in [2.45, 2.75) is 19.8 Å². The Morgan fingerprint density at radius 2 is 1.75 bits per heavy atom. The van der Waals surface area contributed by atoms with Gasteiger partial charge >= 0.3 is 0 Å². The first kappa shape index (κ1) is 18.5. The van der Waals surface area contributed by atoms with E-state index in [9.17, 15) is 4.79 Å². The maximum absolute atomic E-state index is 12.0. The van der Waals surface area contributed by atoms with Crippen molar-refractivity contribution in [3.05, 3.63) is 23.3 Å².